The van der Waals surface area contributed by atoms with Crippen LogP contribution >= 0.6 is 0 Å². The fourth-order valence-electron chi connectivity index (χ4n) is 1.04. The summed E-state index contributed by atoms with van der Waals surface area (Å²) in [6.45, 7) is 1.40. The lowest BCUT2D eigenvalue weighted by Crippen LogP contribution is -2.16. The van der Waals surface area contributed by atoms with Gasteiger partial charge in [-0.25, -0.2) is 9.78 Å². The Morgan fingerprint density at radius 3 is 2.69 bits per heavy atom. The molecule has 0 fully saturated rings. The minimum absolute atomic E-state index is 0.0637. The highest BCUT2D eigenvalue weighted by Gasteiger charge is 2.37. The molecule has 0 bridgehead atoms. The molecule has 1 heterocycles. The number of carbonyl (C=O) groups excluding carboxylic acids is 1. The number of hydrogen-bond acceptors (Lipinski definition) is 4. The molecule has 16 heavy (non-hydrogen) atoms. The Bertz CT molecular complexity index is 403. The number of nitrogens with zero attached hydrogens (tertiary/aromatic N) is 1. The third-order valence-electron chi connectivity index (χ3n) is 1.64. The molecular weight excluding hydrogens is 227 g/mol. The summed E-state index contributed by atoms with van der Waals surface area (Å²) in [7, 11) is 0. The first-order valence-electron chi connectivity index (χ1n) is 4.29. The summed E-state index contributed by atoms with van der Waals surface area (Å²) in [5.41, 5.74) is -2.17. The van der Waals surface area contributed by atoms with Crippen LogP contribution in [0.4, 0.5) is 13.2 Å². The highest BCUT2D eigenvalue weighted by atomic mass is 19.4. The van der Waals surface area contributed by atoms with Gasteiger partial charge < -0.3 is 9.84 Å². The molecule has 1 rings (SSSR count). The van der Waals surface area contributed by atoms with E-state index in [1.165, 1.54) is 6.92 Å². The molecule has 0 aliphatic rings. The maximum absolute atomic E-state index is 12.4. The summed E-state index contributed by atoms with van der Waals surface area (Å²) in [4.78, 5) is 14.2. The van der Waals surface area contributed by atoms with Crippen LogP contribution in [0.5, 0.6) is 5.75 Å². The lowest BCUT2D eigenvalue weighted by molar-refractivity contribution is -0.141. The van der Waals surface area contributed by atoms with Gasteiger partial charge in [0.05, 0.1) is 18.4 Å². The first kappa shape index (κ1) is 12.3. The van der Waals surface area contributed by atoms with Crippen molar-refractivity contribution in [3.63, 3.8) is 0 Å². The minimum atomic E-state index is -4.77. The zero-order chi connectivity index (χ0) is 12.3. The van der Waals surface area contributed by atoms with E-state index in [4.69, 9.17) is 5.11 Å². The van der Waals surface area contributed by atoms with Crippen LogP contribution in [-0.4, -0.2) is 22.7 Å². The summed E-state index contributed by atoms with van der Waals surface area (Å²) in [6.07, 6.45) is -4.15. The first-order valence-corrected chi connectivity index (χ1v) is 4.29. The van der Waals surface area contributed by atoms with Crippen LogP contribution in [0.1, 0.15) is 23.0 Å². The van der Waals surface area contributed by atoms with Crippen molar-refractivity contribution in [1.82, 2.24) is 4.98 Å². The summed E-state index contributed by atoms with van der Waals surface area (Å²) in [5, 5.41) is 8.98. The molecule has 7 heteroatoms. The molecule has 0 amide bonds. The highest BCUT2D eigenvalue weighted by molar-refractivity contribution is 5.91. The number of halogens is 3. The van der Waals surface area contributed by atoms with E-state index in [9.17, 15) is 18.0 Å². The van der Waals surface area contributed by atoms with Crippen molar-refractivity contribution < 1.29 is 27.8 Å². The Hall–Kier alpha value is -1.79. The summed E-state index contributed by atoms with van der Waals surface area (Å²) in [6, 6.07) is 0.674. The number of alkyl halides is 3. The predicted octanol–water partition coefficient (Wildman–Crippen LogP) is 1.98. The lowest BCUT2D eigenvalue weighted by Gasteiger charge is -2.10. The monoisotopic (exact) mass is 235 g/mol. The number of esters is 1. The quantitative estimate of drug-likeness (QED) is 0.796. The molecule has 88 valence electrons. The summed E-state index contributed by atoms with van der Waals surface area (Å²) < 4.78 is 41.7. The molecule has 1 N–H and O–H groups in total. The van der Waals surface area contributed by atoms with E-state index in [0.717, 1.165) is 0 Å². The molecule has 4 nitrogen and oxygen atoms in total. The number of pyridine rings is 1. The third kappa shape index (κ3) is 2.62. The summed E-state index contributed by atoms with van der Waals surface area (Å²) in [5.74, 6) is -1.70. The largest absolute Gasteiger partial charge is 0.506 e. The lowest BCUT2D eigenvalue weighted by atomic mass is 10.2. The maximum Gasteiger partial charge on any atom is 0.434 e. The van der Waals surface area contributed by atoms with Crippen LogP contribution in [0.3, 0.4) is 0 Å². The van der Waals surface area contributed by atoms with Crippen molar-refractivity contribution in [3.05, 3.63) is 23.5 Å². The topological polar surface area (TPSA) is 59.4 Å². The van der Waals surface area contributed by atoms with E-state index in [1.54, 1.807) is 0 Å². The molecule has 0 atom stereocenters. The first-order chi connectivity index (χ1) is 7.36. The number of ether oxygens (including phenoxy) is 1. The average Bonchev–Trinajstić information content (AvgIpc) is 2.16. The molecule has 0 radical (unpaired) electrons. The van der Waals surface area contributed by atoms with Gasteiger partial charge in [-0.05, 0) is 13.0 Å². The van der Waals surface area contributed by atoms with Crippen LogP contribution < -0.4 is 0 Å². The van der Waals surface area contributed by atoms with E-state index in [1.807, 2.05) is 0 Å². The number of rotatable bonds is 2. The second-order valence-electron chi connectivity index (χ2n) is 2.81. The second-order valence-corrected chi connectivity index (χ2v) is 2.81. The van der Waals surface area contributed by atoms with Gasteiger partial charge in [0.1, 0.15) is 5.75 Å². The number of carbonyl (C=O) groups is 1. The molecule has 1 aromatic rings. The second kappa shape index (κ2) is 4.38. The maximum atomic E-state index is 12.4. The van der Waals surface area contributed by atoms with Gasteiger partial charge in [0, 0.05) is 0 Å². The number of hydrogen-bond donors (Lipinski definition) is 1. The minimum Gasteiger partial charge on any atom is -0.506 e. The van der Waals surface area contributed by atoms with E-state index < -0.39 is 29.2 Å². The normalized spacial score (nSPS) is 11.2. The molecule has 0 saturated carbocycles. The van der Waals surface area contributed by atoms with Gasteiger partial charge in [0.15, 0.2) is 5.69 Å². The zero-order valence-electron chi connectivity index (χ0n) is 8.21. The van der Waals surface area contributed by atoms with E-state index in [0.29, 0.717) is 12.3 Å². The van der Waals surface area contributed by atoms with Crippen LogP contribution in [0.25, 0.3) is 0 Å². The van der Waals surface area contributed by atoms with Crippen molar-refractivity contribution >= 4 is 5.97 Å². The van der Waals surface area contributed by atoms with Gasteiger partial charge >= 0.3 is 12.1 Å². The van der Waals surface area contributed by atoms with Gasteiger partial charge in [-0.2, -0.15) is 13.2 Å². The fourth-order valence-corrected chi connectivity index (χ4v) is 1.04. The molecule has 0 unspecified atom stereocenters. The van der Waals surface area contributed by atoms with Gasteiger partial charge in [-0.3, -0.25) is 0 Å². The fraction of sp³-hybridized carbons (Fsp3) is 0.333. The smallest absolute Gasteiger partial charge is 0.434 e. The van der Waals surface area contributed by atoms with E-state index in [2.05, 4.69) is 9.72 Å². The molecule has 0 saturated heterocycles. The molecule has 0 spiro atoms. The standard InChI is InChI=1S/C9H8F3NO3/c1-2-16-8(15)6-3-5(14)4-13-7(6)9(10,11)12/h3-4,14H,2H2,1H3. The Balaban J connectivity index is 3.24. The number of aromatic hydroxyl groups is 1. The predicted molar refractivity (Wildman–Crippen MR) is 46.9 cm³/mol. The Kier molecular flexibility index (Phi) is 3.36. The van der Waals surface area contributed by atoms with Crippen molar-refractivity contribution in [3.8, 4) is 5.75 Å². The highest BCUT2D eigenvalue weighted by Crippen LogP contribution is 2.31. The van der Waals surface area contributed by atoms with Crippen LogP contribution in [0.2, 0.25) is 0 Å². The van der Waals surface area contributed by atoms with E-state index >= 15 is 0 Å². The zero-order valence-corrected chi connectivity index (χ0v) is 8.21. The Labute approximate surface area is 88.7 Å². The molecule has 0 aliphatic heterocycles. The molecule has 1 aromatic heterocycles. The van der Waals surface area contributed by atoms with Crippen LogP contribution in [0, 0.1) is 0 Å². The SMILES string of the molecule is CCOC(=O)c1cc(O)cnc1C(F)(F)F. The van der Waals surface area contributed by atoms with E-state index in [-0.39, 0.29) is 6.61 Å². The van der Waals surface area contributed by atoms with Gasteiger partial charge in [0.25, 0.3) is 0 Å². The molecule has 0 aliphatic carbocycles. The van der Waals surface area contributed by atoms with Crippen molar-refractivity contribution in [2.75, 3.05) is 6.61 Å². The third-order valence-corrected chi connectivity index (χ3v) is 1.64. The van der Waals surface area contributed by atoms with Gasteiger partial charge in [-0.1, -0.05) is 0 Å². The summed E-state index contributed by atoms with van der Waals surface area (Å²) >= 11 is 0. The van der Waals surface area contributed by atoms with Gasteiger partial charge in [-0.15, -0.1) is 0 Å². The van der Waals surface area contributed by atoms with Crippen LogP contribution in [0.15, 0.2) is 12.3 Å². The van der Waals surface area contributed by atoms with Crippen molar-refractivity contribution in [1.29, 1.82) is 0 Å². The number of aromatic nitrogens is 1. The Morgan fingerprint density at radius 1 is 1.56 bits per heavy atom. The van der Waals surface area contributed by atoms with Gasteiger partial charge in [0.2, 0.25) is 0 Å². The molecular formula is C9H8F3NO3. The molecule has 0 aromatic carbocycles. The van der Waals surface area contributed by atoms with Crippen molar-refractivity contribution in [2.45, 2.75) is 13.1 Å². The van der Waals surface area contributed by atoms with Crippen LogP contribution in [-0.2, 0) is 10.9 Å². The van der Waals surface area contributed by atoms with Crippen molar-refractivity contribution in [2.24, 2.45) is 0 Å². The Morgan fingerprint density at radius 2 is 2.19 bits per heavy atom. The average molecular weight is 235 g/mol.